The molecule has 2 rings (SSSR count). The minimum atomic E-state index is -1.08. The van der Waals surface area contributed by atoms with Crippen LogP contribution >= 0.6 is 11.3 Å². The van der Waals surface area contributed by atoms with Crippen LogP contribution in [0.5, 0.6) is 0 Å². The Labute approximate surface area is 125 Å². The van der Waals surface area contributed by atoms with Gasteiger partial charge in [0.15, 0.2) is 5.13 Å². The van der Waals surface area contributed by atoms with Crippen molar-refractivity contribution in [1.29, 1.82) is 0 Å². The van der Waals surface area contributed by atoms with Gasteiger partial charge in [0.1, 0.15) is 5.69 Å². The van der Waals surface area contributed by atoms with Gasteiger partial charge < -0.3 is 10.4 Å². The SMILES string of the molecule is Cc1nc(NC(=O)NCc2ccc(C(=O)O)nc2)sc1C. The number of aryl methyl sites for hydroxylation is 2. The second-order valence-electron chi connectivity index (χ2n) is 4.33. The van der Waals surface area contributed by atoms with Crippen LogP contribution in [0.25, 0.3) is 0 Å². The molecular formula is C13H14N4O3S. The number of carboxylic acid groups (broad SMARTS) is 1. The van der Waals surface area contributed by atoms with Crippen molar-refractivity contribution >= 4 is 28.5 Å². The summed E-state index contributed by atoms with van der Waals surface area (Å²) < 4.78 is 0. The Balaban J connectivity index is 1.87. The van der Waals surface area contributed by atoms with Crippen molar-refractivity contribution in [1.82, 2.24) is 15.3 Å². The van der Waals surface area contributed by atoms with Crippen LogP contribution in [0.15, 0.2) is 18.3 Å². The number of aromatic nitrogens is 2. The molecule has 110 valence electrons. The third kappa shape index (κ3) is 3.99. The van der Waals surface area contributed by atoms with E-state index in [-0.39, 0.29) is 18.3 Å². The number of nitrogens with zero attached hydrogens (tertiary/aromatic N) is 2. The summed E-state index contributed by atoms with van der Waals surface area (Å²) in [5.41, 5.74) is 1.57. The van der Waals surface area contributed by atoms with E-state index >= 15 is 0 Å². The molecule has 0 radical (unpaired) electrons. The molecule has 0 fully saturated rings. The van der Waals surface area contributed by atoms with Crippen molar-refractivity contribution in [2.24, 2.45) is 0 Å². The molecule has 21 heavy (non-hydrogen) atoms. The zero-order valence-corrected chi connectivity index (χ0v) is 12.3. The van der Waals surface area contributed by atoms with Crippen molar-refractivity contribution in [3.05, 3.63) is 40.2 Å². The summed E-state index contributed by atoms with van der Waals surface area (Å²) in [4.78, 5) is 31.4. The number of amides is 2. The predicted octanol–water partition coefficient (Wildman–Crippen LogP) is 2.17. The van der Waals surface area contributed by atoms with Crippen molar-refractivity contribution in [2.75, 3.05) is 5.32 Å². The topological polar surface area (TPSA) is 104 Å². The first-order valence-corrected chi connectivity index (χ1v) is 6.94. The Kier molecular flexibility index (Phi) is 4.49. The maximum Gasteiger partial charge on any atom is 0.354 e. The van der Waals surface area contributed by atoms with E-state index in [0.29, 0.717) is 10.7 Å². The van der Waals surface area contributed by atoms with E-state index in [9.17, 15) is 9.59 Å². The third-order valence-corrected chi connectivity index (χ3v) is 3.73. The Morgan fingerprint density at radius 3 is 2.62 bits per heavy atom. The van der Waals surface area contributed by atoms with Gasteiger partial charge in [-0.05, 0) is 25.5 Å². The van der Waals surface area contributed by atoms with Gasteiger partial charge in [-0.3, -0.25) is 5.32 Å². The van der Waals surface area contributed by atoms with Crippen LogP contribution in [-0.2, 0) is 6.54 Å². The fourth-order valence-corrected chi connectivity index (χ4v) is 2.32. The number of hydrogen-bond acceptors (Lipinski definition) is 5. The molecular weight excluding hydrogens is 292 g/mol. The van der Waals surface area contributed by atoms with E-state index < -0.39 is 5.97 Å². The van der Waals surface area contributed by atoms with E-state index in [4.69, 9.17) is 5.11 Å². The molecule has 0 spiro atoms. The molecule has 0 unspecified atom stereocenters. The number of hydrogen-bond donors (Lipinski definition) is 3. The zero-order chi connectivity index (χ0) is 15.4. The molecule has 0 saturated carbocycles. The van der Waals surface area contributed by atoms with Crippen LogP contribution in [0, 0.1) is 13.8 Å². The summed E-state index contributed by atoms with van der Waals surface area (Å²) in [6.45, 7) is 4.07. The first kappa shape index (κ1) is 14.9. The highest BCUT2D eigenvalue weighted by atomic mass is 32.1. The minimum Gasteiger partial charge on any atom is -0.477 e. The maximum absolute atomic E-state index is 11.7. The largest absolute Gasteiger partial charge is 0.477 e. The van der Waals surface area contributed by atoms with Crippen LogP contribution in [0.2, 0.25) is 0 Å². The third-order valence-electron chi connectivity index (χ3n) is 2.75. The van der Waals surface area contributed by atoms with E-state index in [0.717, 1.165) is 10.6 Å². The number of thiazole rings is 1. The molecule has 0 aliphatic carbocycles. The minimum absolute atomic E-state index is 0.0306. The smallest absolute Gasteiger partial charge is 0.354 e. The molecule has 2 aromatic heterocycles. The van der Waals surface area contributed by atoms with Gasteiger partial charge in [-0.2, -0.15) is 0 Å². The first-order chi connectivity index (χ1) is 9.95. The predicted molar refractivity (Wildman–Crippen MR) is 78.6 cm³/mol. The van der Waals surface area contributed by atoms with E-state index in [1.54, 1.807) is 6.07 Å². The first-order valence-electron chi connectivity index (χ1n) is 6.13. The van der Waals surface area contributed by atoms with E-state index in [1.165, 1.54) is 23.6 Å². The van der Waals surface area contributed by atoms with Crippen LogP contribution in [-0.4, -0.2) is 27.1 Å². The van der Waals surface area contributed by atoms with Gasteiger partial charge in [-0.15, -0.1) is 11.3 Å². The van der Waals surface area contributed by atoms with Gasteiger partial charge >= 0.3 is 12.0 Å². The second-order valence-corrected chi connectivity index (χ2v) is 5.53. The standard InChI is InChI=1S/C13H14N4O3S/c1-7-8(2)21-13(16-7)17-12(20)15-6-9-3-4-10(11(18)19)14-5-9/h3-5H,6H2,1-2H3,(H,18,19)(H2,15,16,17,20). The van der Waals surface area contributed by atoms with Crippen molar-refractivity contribution in [3.63, 3.8) is 0 Å². The average Bonchev–Trinajstić information content (AvgIpc) is 2.75. The molecule has 0 bridgehead atoms. The van der Waals surface area contributed by atoms with Gasteiger partial charge in [0.25, 0.3) is 0 Å². The molecule has 0 aliphatic rings. The number of carboxylic acids is 1. The van der Waals surface area contributed by atoms with Crippen molar-refractivity contribution in [3.8, 4) is 0 Å². The maximum atomic E-state index is 11.7. The highest BCUT2D eigenvalue weighted by molar-refractivity contribution is 7.15. The quantitative estimate of drug-likeness (QED) is 0.803. The number of rotatable bonds is 4. The Morgan fingerprint density at radius 1 is 1.33 bits per heavy atom. The van der Waals surface area contributed by atoms with E-state index in [1.807, 2.05) is 13.8 Å². The lowest BCUT2D eigenvalue weighted by Crippen LogP contribution is -2.28. The number of carbonyl (C=O) groups is 2. The normalized spacial score (nSPS) is 10.2. The summed E-state index contributed by atoms with van der Waals surface area (Å²) in [5.74, 6) is -1.08. The molecule has 2 aromatic rings. The fourth-order valence-electron chi connectivity index (χ4n) is 1.51. The van der Waals surface area contributed by atoms with Crippen LogP contribution < -0.4 is 10.6 Å². The lowest BCUT2D eigenvalue weighted by Gasteiger charge is -2.05. The summed E-state index contributed by atoms with van der Waals surface area (Å²) in [7, 11) is 0. The Morgan fingerprint density at radius 2 is 2.10 bits per heavy atom. The molecule has 7 nitrogen and oxygen atoms in total. The molecule has 3 N–H and O–H groups in total. The highest BCUT2D eigenvalue weighted by Crippen LogP contribution is 2.20. The summed E-state index contributed by atoms with van der Waals surface area (Å²) in [5, 5.41) is 14.6. The van der Waals surface area contributed by atoms with E-state index in [2.05, 4.69) is 20.6 Å². The van der Waals surface area contributed by atoms with Crippen molar-refractivity contribution in [2.45, 2.75) is 20.4 Å². The lowest BCUT2D eigenvalue weighted by atomic mass is 10.2. The highest BCUT2D eigenvalue weighted by Gasteiger charge is 2.08. The monoisotopic (exact) mass is 306 g/mol. The van der Waals surface area contributed by atoms with Gasteiger partial charge in [0, 0.05) is 17.6 Å². The average molecular weight is 306 g/mol. The number of carbonyl (C=O) groups excluding carboxylic acids is 1. The van der Waals surface area contributed by atoms with Crippen molar-refractivity contribution < 1.29 is 14.7 Å². The van der Waals surface area contributed by atoms with Crippen LogP contribution in [0.3, 0.4) is 0 Å². The zero-order valence-electron chi connectivity index (χ0n) is 11.5. The summed E-state index contributed by atoms with van der Waals surface area (Å²) in [6, 6.07) is 2.63. The number of anilines is 1. The second kappa shape index (κ2) is 6.31. The number of nitrogens with one attached hydrogen (secondary N) is 2. The molecule has 0 aromatic carbocycles. The number of aromatic carboxylic acids is 1. The van der Waals surface area contributed by atoms with Gasteiger partial charge in [-0.1, -0.05) is 6.07 Å². The summed E-state index contributed by atoms with van der Waals surface area (Å²) >= 11 is 1.41. The Bertz CT molecular complexity index is 647. The molecule has 2 amide bonds. The fraction of sp³-hybridized carbons (Fsp3) is 0.231. The number of urea groups is 1. The molecule has 0 saturated heterocycles. The molecule has 2 heterocycles. The molecule has 0 atom stereocenters. The summed E-state index contributed by atoms with van der Waals surface area (Å²) in [6.07, 6.45) is 1.42. The van der Waals surface area contributed by atoms with Gasteiger partial charge in [-0.25, -0.2) is 19.6 Å². The Hall–Kier alpha value is -2.48. The number of pyridine rings is 1. The molecule has 8 heteroatoms. The molecule has 0 aliphatic heterocycles. The van der Waals surface area contributed by atoms with Gasteiger partial charge in [0.2, 0.25) is 0 Å². The van der Waals surface area contributed by atoms with Gasteiger partial charge in [0.05, 0.1) is 5.69 Å². The van der Waals surface area contributed by atoms with Crippen LogP contribution in [0.1, 0.15) is 26.6 Å². The lowest BCUT2D eigenvalue weighted by molar-refractivity contribution is 0.0690. The van der Waals surface area contributed by atoms with Crippen LogP contribution in [0.4, 0.5) is 9.93 Å².